The number of hydrogen-bond donors (Lipinski definition) is 1. The first-order valence-electron chi connectivity index (χ1n) is 5.99. The van der Waals surface area contributed by atoms with Crippen LogP contribution >= 0.6 is 39.0 Å². The highest BCUT2D eigenvalue weighted by Crippen LogP contribution is 2.25. The Balaban J connectivity index is 1.92. The zero-order chi connectivity index (χ0) is 15.1. The van der Waals surface area contributed by atoms with Gasteiger partial charge in [-0.2, -0.15) is 0 Å². The summed E-state index contributed by atoms with van der Waals surface area (Å²) in [4.78, 5) is 11.8. The van der Waals surface area contributed by atoms with Gasteiger partial charge in [-0.15, -0.1) is 16.8 Å². The number of nitrogens with zero attached hydrogens (tertiary/aromatic N) is 2. The summed E-state index contributed by atoms with van der Waals surface area (Å²) in [5.41, 5.74) is 0.944. The Morgan fingerprint density at radius 3 is 3.10 bits per heavy atom. The van der Waals surface area contributed by atoms with Gasteiger partial charge in [-0.05, 0) is 23.8 Å². The summed E-state index contributed by atoms with van der Waals surface area (Å²) in [6, 6.07) is 7.69. The first-order valence-corrected chi connectivity index (χ1v) is 8.59. The molecule has 0 saturated heterocycles. The maximum absolute atomic E-state index is 11.8. The van der Waals surface area contributed by atoms with Gasteiger partial charge in [-0.25, -0.2) is 0 Å². The van der Waals surface area contributed by atoms with E-state index >= 15 is 0 Å². The van der Waals surface area contributed by atoms with Gasteiger partial charge in [0, 0.05) is 16.3 Å². The van der Waals surface area contributed by atoms with Gasteiger partial charge in [0.05, 0.1) is 0 Å². The number of halogens is 1. The van der Waals surface area contributed by atoms with Crippen LogP contribution in [0.5, 0.6) is 0 Å². The molecule has 0 atom stereocenters. The molecule has 2 rings (SSSR count). The van der Waals surface area contributed by atoms with Gasteiger partial charge in [-0.1, -0.05) is 57.2 Å². The van der Waals surface area contributed by atoms with Crippen molar-refractivity contribution >= 4 is 56.1 Å². The molecule has 7 heteroatoms. The molecule has 0 bridgehead atoms. The standard InChI is InChI=1S/C14H12BrN3OS2/c1-2-8-20-14-18-17-13(21-14)16-12(19)7-6-10-4-3-5-11(15)9-10/h2-7,9H,1,8H2,(H,16,17,19)/b7-6+. The van der Waals surface area contributed by atoms with Crippen LogP contribution in [0.1, 0.15) is 5.56 Å². The van der Waals surface area contributed by atoms with Crippen LogP contribution in [0.25, 0.3) is 6.08 Å². The lowest BCUT2D eigenvalue weighted by Crippen LogP contribution is -2.07. The maximum Gasteiger partial charge on any atom is 0.250 e. The number of carbonyl (C=O) groups is 1. The summed E-state index contributed by atoms with van der Waals surface area (Å²) in [6.07, 6.45) is 5.01. The second-order valence-electron chi connectivity index (χ2n) is 3.85. The first-order chi connectivity index (χ1) is 10.2. The Hall–Kier alpha value is -1.44. The molecule has 108 valence electrons. The fourth-order valence-electron chi connectivity index (χ4n) is 1.38. The second kappa shape index (κ2) is 8.11. The SMILES string of the molecule is C=CCSc1nnc(NC(=O)/C=C/c2cccc(Br)c2)s1. The third kappa shape index (κ3) is 5.45. The van der Waals surface area contributed by atoms with Gasteiger partial charge in [0.1, 0.15) is 0 Å². The molecule has 0 aliphatic heterocycles. The van der Waals surface area contributed by atoms with Crippen molar-refractivity contribution in [3.8, 4) is 0 Å². The minimum Gasteiger partial charge on any atom is -0.297 e. The van der Waals surface area contributed by atoms with Crippen LogP contribution in [0.3, 0.4) is 0 Å². The largest absolute Gasteiger partial charge is 0.297 e. The summed E-state index contributed by atoms with van der Waals surface area (Å²) in [5.74, 6) is 0.539. The van der Waals surface area contributed by atoms with Gasteiger partial charge >= 0.3 is 0 Å². The van der Waals surface area contributed by atoms with Crippen LogP contribution in [0.2, 0.25) is 0 Å². The third-order valence-corrected chi connectivity index (χ3v) is 4.70. The average molecular weight is 382 g/mol. The first kappa shape index (κ1) is 15.9. The van der Waals surface area contributed by atoms with Crippen LogP contribution < -0.4 is 5.32 Å². The van der Waals surface area contributed by atoms with Crippen LogP contribution in [-0.4, -0.2) is 21.9 Å². The topological polar surface area (TPSA) is 54.9 Å². The quantitative estimate of drug-likeness (QED) is 0.352. The Kier molecular flexibility index (Phi) is 6.16. The van der Waals surface area contributed by atoms with Gasteiger partial charge in [-0.3, -0.25) is 10.1 Å². The molecule has 0 aliphatic carbocycles. The molecule has 0 saturated carbocycles. The van der Waals surface area contributed by atoms with Crippen LogP contribution in [0.4, 0.5) is 5.13 Å². The molecule has 4 nitrogen and oxygen atoms in total. The maximum atomic E-state index is 11.8. The minimum atomic E-state index is -0.230. The van der Waals surface area contributed by atoms with Crippen molar-refractivity contribution < 1.29 is 4.79 Å². The Morgan fingerprint density at radius 2 is 2.33 bits per heavy atom. The van der Waals surface area contributed by atoms with Crippen LogP contribution in [-0.2, 0) is 4.79 Å². The fraction of sp³-hybridized carbons (Fsp3) is 0.0714. The minimum absolute atomic E-state index is 0.230. The van der Waals surface area contributed by atoms with Crippen molar-refractivity contribution in [2.75, 3.05) is 11.1 Å². The lowest BCUT2D eigenvalue weighted by molar-refractivity contribution is -0.111. The van der Waals surface area contributed by atoms with Crippen LogP contribution in [0, 0.1) is 0 Å². The molecule has 0 radical (unpaired) electrons. The van der Waals surface area contributed by atoms with E-state index in [-0.39, 0.29) is 5.91 Å². The van der Waals surface area contributed by atoms with Gasteiger partial charge in [0.25, 0.3) is 0 Å². The van der Waals surface area contributed by atoms with Gasteiger partial charge < -0.3 is 0 Å². The average Bonchev–Trinajstić information content (AvgIpc) is 2.90. The normalized spacial score (nSPS) is 10.7. The van der Waals surface area contributed by atoms with Gasteiger partial charge in [0.15, 0.2) is 4.34 Å². The number of hydrogen-bond acceptors (Lipinski definition) is 5. The summed E-state index contributed by atoms with van der Waals surface area (Å²) in [5, 5.41) is 11.1. The van der Waals surface area contributed by atoms with E-state index in [1.54, 1.807) is 12.2 Å². The molecule has 1 N–H and O–H groups in total. The van der Waals surface area contributed by atoms with E-state index in [4.69, 9.17) is 0 Å². The van der Waals surface area contributed by atoms with Crippen molar-refractivity contribution in [3.05, 3.63) is 53.0 Å². The predicted octanol–water partition coefficient (Wildman–Crippen LogP) is 4.23. The number of nitrogens with one attached hydrogen (secondary N) is 1. The molecule has 0 unspecified atom stereocenters. The summed E-state index contributed by atoms with van der Waals surface area (Å²) < 4.78 is 1.78. The number of amides is 1. The molecule has 0 fully saturated rings. The van der Waals surface area contributed by atoms with E-state index in [1.807, 2.05) is 24.3 Å². The Labute approximate surface area is 139 Å². The predicted molar refractivity (Wildman–Crippen MR) is 92.6 cm³/mol. The Morgan fingerprint density at radius 1 is 1.48 bits per heavy atom. The van der Waals surface area contributed by atoms with Gasteiger partial charge in [0.2, 0.25) is 11.0 Å². The van der Waals surface area contributed by atoms with Crippen molar-refractivity contribution in [1.82, 2.24) is 10.2 Å². The highest BCUT2D eigenvalue weighted by molar-refractivity contribution is 9.10. The molecule has 1 amide bonds. The molecule has 0 aliphatic rings. The summed E-state index contributed by atoms with van der Waals surface area (Å²) >= 11 is 6.26. The van der Waals surface area contributed by atoms with Crippen LogP contribution in [0.15, 0.2) is 51.8 Å². The lowest BCUT2D eigenvalue weighted by atomic mass is 10.2. The van der Waals surface area contributed by atoms with Crippen molar-refractivity contribution in [3.63, 3.8) is 0 Å². The number of rotatable bonds is 6. The summed E-state index contributed by atoms with van der Waals surface area (Å²) in [6.45, 7) is 3.64. The lowest BCUT2D eigenvalue weighted by Gasteiger charge is -1.96. The molecule has 21 heavy (non-hydrogen) atoms. The number of thioether (sulfide) groups is 1. The number of aromatic nitrogens is 2. The summed E-state index contributed by atoms with van der Waals surface area (Å²) in [7, 11) is 0. The third-order valence-electron chi connectivity index (χ3n) is 2.24. The van der Waals surface area contributed by atoms with Crippen molar-refractivity contribution in [2.45, 2.75) is 4.34 Å². The zero-order valence-corrected chi connectivity index (χ0v) is 14.2. The molecular weight excluding hydrogens is 370 g/mol. The van der Waals surface area contributed by atoms with Crippen molar-refractivity contribution in [2.24, 2.45) is 0 Å². The highest BCUT2D eigenvalue weighted by atomic mass is 79.9. The molecular formula is C14H12BrN3OS2. The second-order valence-corrected chi connectivity index (χ2v) is 7.01. The van der Waals surface area contributed by atoms with E-state index in [2.05, 4.69) is 38.0 Å². The van der Waals surface area contributed by atoms with E-state index in [1.165, 1.54) is 29.2 Å². The smallest absolute Gasteiger partial charge is 0.250 e. The number of anilines is 1. The fourth-order valence-corrected chi connectivity index (χ4v) is 3.31. The number of benzene rings is 1. The van der Waals surface area contributed by atoms with Crippen molar-refractivity contribution in [1.29, 1.82) is 0 Å². The zero-order valence-electron chi connectivity index (χ0n) is 11.0. The Bertz CT molecular complexity index is 670. The monoisotopic (exact) mass is 381 g/mol. The molecule has 0 spiro atoms. The van der Waals surface area contributed by atoms with E-state index in [0.29, 0.717) is 5.13 Å². The molecule has 1 aromatic heterocycles. The number of carbonyl (C=O) groups excluding carboxylic acids is 1. The van der Waals surface area contributed by atoms with E-state index < -0.39 is 0 Å². The molecule has 1 heterocycles. The highest BCUT2D eigenvalue weighted by Gasteiger charge is 2.06. The molecule has 1 aromatic carbocycles. The van der Waals surface area contributed by atoms with E-state index in [9.17, 15) is 4.79 Å². The van der Waals surface area contributed by atoms with E-state index in [0.717, 1.165) is 20.1 Å². The molecule has 2 aromatic rings.